The number of aromatic nitrogens is 1. The molecule has 4 heteroatoms. The topological polar surface area (TPSA) is 59.4 Å². The maximum atomic E-state index is 10.6. The van der Waals surface area contributed by atoms with Crippen molar-refractivity contribution in [3.63, 3.8) is 0 Å². The first kappa shape index (κ1) is 13.1. The number of rotatable bonds is 4. The Morgan fingerprint density at radius 1 is 1.05 bits per heavy atom. The molecule has 0 aliphatic rings. The van der Waals surface area contributed by atoms with E-state index < -0.39 is 5.97 Å². The Morgan fingerprint density at radius 2 is 1.81 bits per heavy atom. The van der Waals surface area contributed by atoms with Crippen molar-refractivity contribution in [1.29, 1.82) is 0 Å². The van der Waals surface area contributed by atoms with Gasteiger partial charge in [-0.1, -0.05) is 30.3 Å². The third-order valence-corrected chi connectivity index (χ3v) is 3.13. The summed E-state index contributed by atoms with van der Waals surface area (Å²) in [7, 11) is 0. The molecule has 1 aromatic heterocycles. The highest BCUT2D eigenvalue weighted by Gasteiger charge is 2.05. The number of carboxylic acid groups (broad SMARTS) is 1. The van der Waals surface area contributed by atoms with Crippen LogP contribution in [0.5, 0.6) is 11.6 Å². The summed E-state index contributed by atoms with van der Waals surface area (Å²) in [5.74, 6) is 0.325. The zero-order chi connectivity index (χ0) is 14.7. The molecular formula is C17H13NO3. The number of carboxylic acids is 1. The molecule has 0 bridgehead atoms. The van der Waals surface area contributed by atoms with E-state index in [2.05, 4.69) is 4.98 Å². The highest BCUT2D eigenvalue weighted by molar-refractivity contribution is 5.86. The van der Waals surface area contributed by atoms with E-state index in [0.29, 0.717) is 11.6 Å². The molecule has 0 radical (unpaired) electrons. The lowest BCUT2D eigenvalue weighted by Gasteiger charge is -2.08. The van der Waals surface area contributed by atoms with Gasteiger partial charge in [-0.25, -0.2) is 4.98 Å². The monoisotopic (exact) mass is 279 g/mol. The second-order valence-corrected chi connectivity index (χ2v) is 4.65. The van der Waals surface area contributed by atoms with Gasteiger partial charge in [-0.2, -0.15) is 0 Å². The second-order valence-electron chi connectivity index (χ2n) is 4.65. The van der Waals surface area contributed by atoms with E-state index in [1.165, 1.54) is 0 Å². The average Bonchev–Trinajstić information content (AvgIpc) is 2.49. The van der Waals surface area contributed by atoms with Crippen molar-refractivity contribution >= 4 is 16.7 Å². The Bertz CT molecular complexity index is 776. The number of nitrogens with zero attached hydrogens (tertiary/aromatic N) is 1. The zero-order valence-electron chi connectivity index (χ0n) is 11.2. The van der Waals surface area contributed by atoms with Crippen molar-refractivity contribution in [3.8, 4) is 11.6 Å². The van der Waals surface area contributed by atoms with Gasteiger partial charge in [0.05, 0.1) is 6.42 Å². The van der Waals surface area contributed by atoms with Crippen LogP contribution in [0.4, 0.5) is 0 Å². The number of carbonyl (C=O) groups is 1. The predicted octanol–water partition coefficient (Wildman–Crippen LogP) is 3.65. The molecule has 0 unspecified atom stereocenters. The van der Waals surface area contributed by atoms with Gasteiger partial charge in [0.25, 0.3) is 0 Å². The van der Waals surface area contributed by atoms with Crippen molar-refractivity contribution in [2.75, 3.05) is 0 Å². The summed E-state index contributed by atoms with van der Waals surface area (Å²) >= 11 is 0. The Kier molecular flexibility index (Phi) is 3.51. The molecule has 104 valence electrons. The minimum Gasteiger partial charge on any atom is -0.481 e. The molecule has 1 N–H and O–H groups in total. The van der Waals surface area contributed by atoms with Crippen LogP contribution in [0.15, 0.2) is 60.8 Å². The molecule has 3 rings (SSSR count). The Labute approximate surface area is 121 Å². The number of ether oxygens (including phenoxy) is 1. The third-order valence-electron chi connectivity index (χ3n) is 3.13. The minimum absolute atomic E-state index is 0.00674. The summed E-state index contributed by atoms with van der Waals surface area (Å²) in [5.41, 5.74) is 0.737. The van der Waals surface area contributed by atoms with Crippen molar-refractivity contribution in [1.82, 2.24) is 4.98 Å². The molecule has 3 aromatic rings. The Hall–Kier alpha value is -2.88. The molecule has 0 amide bonds. The number of hydrogen-bond donors (Lipinski definition) is 1. The second kappa shape index (κ2) is 5.63. The smallest absolute Gasteiger partial charge is 0.307 e. The highest BCUT2D eigenvalue weighted by Crippen LogP contribution is 2.27. The summed E-state index contributed by atoms with van der Waals surface area (Å²) in [6.45, 7) is 0. The molecule has 2 aromatic carbocycles. The first-order chi connectivity index (χ1) is 10.2. The molecular weight excluding hydrogens is 266 g/mol. The fourth-order valence-corrected chi connectivity index (χ4v) is 2.13. The van der Waals surface area contributed by atoms with E-state index in [1.54, 1.807) is 30.5 Å². The highest BCUT2D eigenvalue weighted by atomic mass is 16.5. The molecule has 1 heterocycles. The van der Waals surface area contributed by atoms with E-state index in [4.69, 9.17) is 9.84 Å². The van der Waals surface area contributed by atoms with Gasteiger partial charge in [-0.15, -0.1) is 0 Å². The summed E-state index contributed by atoms with van der Waals surface area (Å²) in [4.78, 5) is 14.9. The molecule has 0 atom stereocenters. The largest absolute Gasteiger partial charge is 0.481 e. The minimum atomic E-state index is -0.848. The molecule has 4 nitrogen and oxygen atoms in total. The van der Waals surface area contributed by atoms with E-state index in [1.807, 2.05) is 30.3 Å². The normalized spacial score (nSPS) is 10.5. The van der Waals surface area contributed by atoms with Crippen LogP contribution in [0.3, 0.4) is 0 Å². The lowest BCUT2D eigenvalue weighted by atomic mass is 10.1. The first-order valence-electron chi connectivity index (χ1n) is 6.55. The standard InChI is InChI=1S/C17H13NO3/c19-16(20)11-12-5-7-14(8-6-12)21-17-15-4-2-1-3-13(15)9-10-18-17/h1-10H,11H2,(H,19,20). The van der Waals surface area contributed by atoms with E-state index in [0.717, 1.165) is 16.3 Å². The van der Waals surface area contributed by atoms with Crippen molar-refractivity contribution in [2.24, 2.45) is 0 Å². The lowest BCUT2D eigenvalue weighted by molar-refractivity contribution is -0.136. The molecule has 0 fully saturated rings. The van der Waals surface area contributed by atoms with Crippen LogP contribution in [0.1, 0.15) is 5.56 Å². The average molecular weight is 279 g/mol. The molecule has 21 heavy (non-hydrogen) atoms. The summed E-state index contributed by atoms with van der Waals surface area (Å²) in [6.07, 6.45) is 1.71. The van der Waals surface area contributed by atoms with Gasteiger partial charge in [0.2, 0.25) is 5.88 Å². The lowest BCUT2D eigenvalue weighted by Crippen LogP contribution is -1.99. The van der Waals surface area contributed by atoms with Gasteiger partial charge in [-0.3, -0.25) is 4.79 Å². The predicted molar refractivity (Wildman–Crippen MR) is 79.6 cm³/mol. The zero-order valence-corrected chi connectivity index (χ0v) is 11.2. The van der Waals surface area contributed by atoms with Gasteiger partial charge in [0.15, 0.2) is 0 Å². The molecule has 0 aliphatic heterocycles. The maximum Gasteiger partial charge on any atom is 0.307 e. The molecule has 0 saturated carbocycles. The van der Waals surface area contributed by atoms with Gasteiger partial charge >= 0.3 is 5.97 Å². The molecule has 0 saturated heterocycles. The third kappa shape index (κ3) is 3.00. The van der Waals surface area contributed by atoms with E-state index in [9.17, 15) is 4.79 Å². The number of aliphatic carboxylic acids is 1. The quantitative estimate of drug-likeness (QED) is 0.791. The van der Waals surface area contributed by atoms with Gasteiger partial charge in [0.1, 0.15) is 5.75 Å². The van der Waals surface area contributed by atoms with Crippen molar-refractivity contribution < 1.29 is 14.6 Å². The van der Waals surface area contributed by atoms with E-state index >= 15 is 0 Å². The Morgan fingerprint density at radius 3 is 2.57 bits per heavy atom. The van der Waals surface area contributed by atoms with E-state index in [-0.39, 0.29) is 6.42 Å². The number of pyridine rings is 1. The van der Waals surface area contributed by atoms with Crippen LogP contribution in [0.2, 0.25) is 0 Å². The fraction of sp³-hybridized carbons (Fsp3) is 0.0588. The number of benzene rings is 2. The SMILES string of the molecule is O=C(O)Cc1ccc(Oc2nccc3ccccc23)cc1. The van der Waals surface area contributed by atoms with Gasteiger partial charge in [0, 0.05) is 11.6 Å². The van der Waals surface area contributed by atoms with Crippen LogP contribution in [0, 0.1) is 0 Å². The number of hydrogen-bond acceptors (Lipinski definition) is 3. The summed E-state index contributed by atoms with van der Waals surface area (Å²) < 4.78 is 5.79. The Balaban J connectivity index is 1.87. The van der Waals surface area contributed by atoms with Crippen LogP contribution in [-0.2, 0) is 11.2 Å². The summed E-state index contributed by atoms with van der Waals surface area (Å²) in [6, 6.07) is 16.8. The first-order valence-corrected chi connectivity index (χ1v) is 6.55. The van der Waals surface area contributed by atoms with Crippen LogP contribution in [0.25, 0.3) is 10.8 Å². The van der Waals surface area contributed by atoms with Gasteiger partial charge < -0.3 is 9.84 Å². The fourth-order valence-electron chi connectivity index (χ4n) is 2.13. The van der Waals surface area contributed by atoms with Gasteiger partial charge in [-0.05, 0) is 35.2 Å². The van der Waals surface area contributed by atoms with Crippen molar-refractivity contribution in [3.05, 3.63) is 66.4 Å². The number of fused-ring (bicyclic) bond motifs is 1. The maximum absolute atomic E-state index is 10.6. The van der Waals surface area contributed by atoms with Crippen LogP contribution < -0.4 is 4.74 Å². The van der Waals surface area contributed by atoms with Crippen LogP contribution in [-0.4, -0.2) is 16.1 Å². The summed E-state index contributed by atoms with van der Waals surface area (Å²) in [5, 5.41) is 10.7. The molecule has 0 spiro atoms. The van der Waals surface area contributed by atoms with Crippen molar-refractivity contribution in [2.45, 2.75) is 6.42 Å². The molecule has 0 aliphatic carbocycles. The van der Waals surface area contributed by atoms with Crippen LogP contribution >= 0.6 is 0 Å².